The molecule has 0 aromatic carbocycles. The summed E-state index contributed by atoms with van der Waals surface area (Å²) in [5.41, 5.74) is 2.28. The Bertz CT molecular complexity index is 1020. The van der Waals surface area contributed by atoms with Gasteiger partial charge in [0.25, 0.3) is 0 Å². The minimum Gasteiger partial charge on any atom is -0.456 e. The molecule has 0 aliphatic carbocycles. The van der Waals surface area contributed by atoms with Crippen molar-refractivity contribution in [1.82, 2.24) is 0 Å². The zero-order valence-corrected chi connectivity index (χ0v) is 27.3. The van der Waals surface area contributed by atoms with Gasteiger partial charge in [0.1, 0.15) is 12.2 Å². The maximum atomic E-state index is 13.3. The number of rotatable bonds is 6. The van der Waals surface area contributed by atoms with E-state index in [9.17, 15) is 25.2 Å². The van der Waals surface area contributed by atoms with Crippen LogP contribution in [0.2, 0.25) is 0 Å². The number of hydrogen-bond donors (Lipinski definition) is 4. The molecule has 0 aromatic heterocycles. The van der Waals surface area contributed by atoms with E-state index in [1.807, 2.05) is 59.8 Å². The molecule has 4 N–H and O–H groups in total. The molecule has 1 saturated heterocycles. The number of carbonyl (C=O) groups is 1. The highest BCUT2D eigenvalue weighted by molar-refractivity contribution is 5.88. The topological polar surface area (TPSA) is 126 Å². The van der Waals surface area contributed by atoms with Crippen LogP contribution in [0.4, 0.5) is 0 Å². The fraction of sp³-hybridized carbons (Fsp3) is 0.735. The molecule has 42 heavy (non-hydrogen) atoms. The largest absolute Gasteiger partial charge is 0.456 e. The number of allylic oxidation sites excluding steroid dienone is 5. The predicted octanol–water partition coefficient (Wildman–Crippen LogP) is 4.86. The zero-order valence-electron chi connectivity index (χ0n) is 27.3. The maximum absolute atomic E-state index is 13.3. The predicted molar refractivity (Wildman–Crippen MR) is 164 cm³/mol. The Morgan fingerprint density at radius 2 is 1.79 bits per heavy atom. The van der Waals surface area contributed by atoms with Crippen molar-refractivity contribution in [3.05, 3.63) is 47.1 Å². The van der Waals surface area contributed by atoms with Crippen LogP contribution in [0.1, 0.15) is 81.6 Å². The average Bonchev–Trinajstić information content (AvgIpc) is 2.93. The molecule has 2 aliphatic heterocycles. The molecule has 8 nitrogen and oxygen atoms in total. The number of cyclic esters (lactones) is 1. The molecule has 1 unspecified atom stereocenters. The third-order valence-corrected chi connectivity index (χ3v) is 9.31. The van der Waals surface area contributed by atoms with Crippen LogP contribution in [0.3, 0.4) is 0 Å². The maximum Gasteiger partial charge on any atom is 0.334 e. The first-order valence-corrected chi connectivity index (χ1v) is 15.4. The van der Waals surface area contributed by atoms with Gasteiger partial charge in [0.2, 0.25) is 0 Å². The van der Waals surface area contributed by atoms with Crippen LogP contribution >= 0.6 is 0 Å². The molecule has 0 saturated carbocycles. The normalized spacial score (nSPS) is 42.5. The standard InChI is InChI=1S/C34H56O8/c1-11-28-24(7)27(35)18-34(39,42-28)26(9)31(37)25(8)32-29(40-10)14-12-13-19(2)15-21(4)30(36)22(5)16-20(3)17-23(6)33(38)41-32/h12-14,16-17,21-22,24-32,35-37,39H,11,15,18H2,1-10H3/b14-12+,19-13+,20-16+,23-17+/t21-,22+,24-,25-,26-,27+,28+,29-,30?,31+,32+,34+/m0/s1. The lowest BCUT2D eigenvalue weighted by Gasteiger charge is -2.48. The van der Waals surface area contributed by atoms with Crippen molar-refractivity contribution in [1.29, 1.82) is 0 Å². The van der Waals surface area contributed by atoms with E-state index >= 15 is 0 Å². The van der Waals surface area contributed by atoms with E-state index in [4.69, 9.17) is 14.2 Å². The van der Waals surface area contributed by atoms with Gasteiger partial charge in [-0.2, -0.15) is 0 Å². The molecule has 12 atom stereocenters. The van der Waals surface area contributed by atoms with Crippen LogP contribution < -0.4 is 0 Å². The van der Waals surface area contributed by atoms with Gasteiger partial charge in [-0.15, -0.1) is 0 Å². The molecule has 0 spiro atoms. The van der Waals surface area contributed by atoms with Crippen molar-refractivity contribution in [3.8, 4) is 0 Å². The van der Waals surface area contributed by atoms with E-state index in [0.717, 1.165) is 11.1 Å². The van der Waals surface area contributed by atoms with Crippen molar-refractivity contribution in [2.45, 2.75) is 124 Å². The van der Waals surface area contributed by atoms with Gasteiger partial charge in [-0.25, -0.2) is 4.79 Å². The summed E-state index contributed by atoms with van der Waals surface area (Å²) in [7, 11) is 1.52. The van der Waals surface area contributed by atoms with Crippen molar-refractivity contribution in [3.63, 3.8) is 0 Å². The highest BCUT2D eigenvalue weighted by Gasteiger charge is 2.50. The Balaban J connectivity index is 2.47. The van der Waals surface area contributed by atoms with Crippen LogP contribution in [0.25, 0.3) is 0 Å². The molecule has 0 bridgehead atoms. The highest BCUT2D eigenvalue weighted by Crippen LogP contribution is 2.40. The second kappa shape index (κ2) is 15.8. The number of carbonyl (C=O) groups excluding carboxylic acids is 1. The van der Waals surface area contributed by atoms with Gasteiger partial charge >= 0.3 is 5.97 Å². The van der Waals surface area contributed by atoms with Gasteiger partial charge in [-0.1, -0.05) is 77.0 Å². The fourth-order valence-corrected chi connectivity index (χ4v) is 6.33. The third kappa shape index (κ3) is 9.10. The first-order chi connectivity index (χ1) is 19.6. The smallest absolute Gasteiger partial charge is 0.334 e. The molecule has 240 valence electrons. The second-order valence-corrected chi connectivity index (χ2v) is 12.9. The van der Waals surface area contributed by atoms with Crippen molar-refractivity contribution >= 4 is 5.97 Å². The van der Waals surface area contributed by atoms with E-state index in [1.54, 1.807) is 32.9 Å². The summed E-state index contributed by atoms with van der Waals surface area (Å²) in [5.74, 6) is -4.02. The van der Waals surface area contributed by atoms with Gasteiger partial charge in [0, 0.05) is 42.8 Å². The first-order valence-electron chi connectivity index (χ1n) is 15.4. The fourth-order valence-electron chi connectivity index (χ4n) is 6.33. The quantitative estimate of drug-likeness (QED) is 0.322. The second-order valence-electron chi connectivity index (χ2n) is 12.9. The monoisotopic (exact) mass is 592 g/mol. The summed E-state index contributed by atoms with van der Waals surface area (Å²) in [6.07, 6.45) is 6.13. The number of aliphatic hydroxyl groups excluding tert-OH is 3. The van der Waals surface area contributed by atoms with Gasteiger partial charge < -0.3 is 34.6 Å². The van der Waals surface area contributed by atoms with E-state index < -0.39 is 54.1 Å². The lowest BCUT2D eigenvalue weighted by Crippen LogP contribution is -2.58. The Morgan fingerprint density at radius 3 is 2.38 bits per heavy atom. The molecule has 0 aromatic rings. The minimum atomic E-state index is -1.75. The Kier molecular flexibility index (Phi) is 13.7. The zero-order chi connectivity index (χ0) is 31.9. The molecular formula is C34H56O8. The molecular weight excluding hydrogens is 536 g/mol. The molecule has 8 heteroatoms. The van der Waals surface area contributed by atoms with Crippen LogP contribution in [0, 0.1) is 29.6 Å². The lowest BCUT2D eigenvalue weighted by atomic mass is 9.77. The van der Waals surface area contributed by atoms with E-state index in [2.05, 4.69) is 0 Å². The average molecular weight is 593 g/mol. The number of methoxy groups -OCH3 is 1. The lowest BCUT2D eigenvalue weighted by molar-refractivity contribution is -0.322. The molecule has 0 amide bonds. The number of ether oxygens (including phenoxy) is 3. The highest BCUT2D eigenvalue weighted by atomic mass is 16.6. The van der Waals surface area contributed by atoms with Gasteiger partial charge in [0.15, 0.2) is 5.79 Å². The minimum absolute atomic E-state index is 0.0286. The van der Waals surface area contributed by atoms with E-state index in [-0.39, 0.29) is 30.3 Å². The van der Waals surface area contributed by atoms with Crippen LogP contribution in [0.5, 0.6) is 0 Å². The van der Waals surface area contributed by atoms with Crippen LogP contribution in [-0.4, -0.2) is 75.9 Å². The van der Waals surface area contributed by atoms with E-state index in [0.29, 0.717) is 18.4 Å². The number of aliphatic hydroxyl groups is 4. The molecule has 2 heterocycles. The van der Waals surface area contributed by atoms with Gasteiger partial charge in [-0.3, -0.25) is 0 Å². The summed E-state index contributed by atoms with van der Waals surface area (Å²) >= 11 is 0. The molecule has 2 aliphatic rings. The Morgan fingerprint density at radius 1 is 1.14 bits per heavy atom. The Hall–Kier alpha value is -1.81. The molecule has 1 fully saturated rings. The summed E-state index contributed by atoms with van der Waals surface area (Å²) in [6, 6.07) is 0. The summed E-state index contributed by atoms with van der Waals surface area (Å²) in [4.78, 5) is 13.3. The van der Waals surface area contributed by atoms with E-state index in [1.165, 1.54) is 7.11 Å². The van der Waals surface area contributed by atoms with Crippen molar-refractivity contribution in [2.75, 3.05) is 7.11 Å². The number of esters is 1. The van der Waals surface area contributed by atoms with Crippen molar-refractivity contribution < 1.29 is 39.4 Å². The first kappa shape index (κ1) is 36.4. The summed E-state index contributed by atoms with van der Waals surface area (Å²) < 4.78 is 17.9. The van der Waals surface area contributed by atoms with Gasteiger partial charge in [0.05, 0.1) is 24.4 Å². The SMILES string of the molecule is CC[C@H]1O[C@@](O)([C@@H](C)[C@H](O)[C@H](C)[C@H]2OC(=O)/C(C)=C/C(C)=C/[C@@H](C)C(O)[C@@H](C)C/C(C)=C/C=C/[C@@H]2OC)C[C@@H](O)[C@@H]1C. The number of hydrogen-bond acceptors (Lipinski definition) is 8. The Labute approximate surface area is 253 Å². The molecule has 2 rings (SSSR count). The van der Waals surface area contributed by atoms with Crippen LogP contribution in [-0.2, 0) is 19.0 Å². The third-order valence-electron chi connectivity index (χ3n) is 9.31. The molecule has 0 radical (unpaired) electrons. The summed E-state index contributed by atoms with van der Waals surface area (Å²) in [5, 5.41) is 44.6. The summed E-state index contributed by atoms with van der Waals surface area (Å²) in [6.45, 7) is 16.8. The van der Waals surface area contributed by atoms with Gasteiger partial charge in [-0.05, 0) is 45.6 Å². The van der Waals surface area contributed by atoms with Crippen LogP contribution in [0.15, 0.2) is 47.1 Å². The van der Waals surface area contributed by atoms with Crippen molar-refractivity contribution in [2.24, 2.45) is 29.6 Å².